The Morgan fingerprint density at radius 3 is 2.45 bits per heavy atom. The maximum absolute atomic E-state index is 13.4. The Hall–Kier alpha value is -4.73. The van der Waals surface area contributed by atoms with Crippen LogP contribution in [-0.4, -0.2) is 56.9 Å². The number of aromatic nitrogens is 1. The minimum absolute atomic E-state index is 0.102. The summed E-state index contributed by atoms with van der Waals surface area (Å²) in [6.45, 7) is 13.4. The summed E-state index contributed by atoms with van der Waals surface area (Å²) in [7, 11) is 0. The van der Waals surface area contributed by atoms with E-state index in [1.807, 2.05) is 26.8 Å². The SMILES string of the molecule is CCOc1cc2c(c3c1OC(C)(C)C3)C(c1ccc(C(=O)NC(C)(C)C(=O)O)c(NC(=O)c3ccccn3)c1)=NC(C)(C)C2. The number of amides is 2. The van der Waals surface area contributed by atoms with E-state index in [4.69, 9.17) is 14.5 Å². The van der Waals surface area contributed by atoms with Gasteiger partial charge in [-0.05, 0) is 90.8 Å². The van der Waals surface area contributed by atoms with Gasteiger partial charge in [0.15, 0.2) is 11.5 Å². The number of hydrogen-bond acceptors (Lipinski definition) is 7. The van der Waals surface area contributed by atoms with Crippen LogP contribution in [0.2, 0.25) is 0 Å². The molecule has 230 valence electrons. The fraction of sp³-hybridized carbons (Fsp3) is 0.382. The number of benzene rings is 2. The van der Waals surface area contributed by atoms with Gasteiger partial charge in [0.1, 0.15) is 16.8 Å². The Morgan fingerprint density at radius 2 is 1.80 bits per heavy atom. The molecule has 2 amide bonds. The van der Waals surface area contributed by atoms with Crippen LogP contribution in [0.4, 0.5) is 5.69 Å². The first-order valence-corrected chi connectivity index (χ1v) is 14.6. The Morgan fingerprint density at radius 1 is 1.05 bits per heavy atom. The average molecular weight is 599 g/mol. The first-order valence-electron chi connectivity index (χ1n) is 14.6. The molecule has 3 aromatic rings. The molecule has 1 aromatic heterocycles. The average Bonchev–Trinajstić information content (AvgIpc) is 3.27. The highest BCUT2D eigenvalue weighted by atomic mass is 16.5. The van der Waals surface area contributed by atoms with Gasteiger partial charge in [0.05, 0.1) is 29.1 Å². The van der Waals surface area contributed by atoms with Crippen LogP contribution in [-0.2, 0) is 17.6 Å². The summed E-state index contributed by atoms with van der Waals surface area (Å²) in [5, 5.41) is 15.0. The summed E-state index contributed by atoms with van der Waals surface area (Å²) in [6.07, 6.45) is 2.84. The number of carboxylic acid groups (broad SMARTS) is 1. The molecule has 0 fully saturated rings. The lowest BCUT2D eigenvalue weighted by atomic mass is 9.80. The number of rotatable bonds is 8. The van der Waals surface area contributed by atoms with Crippen molar-refractivity contribution in [2.75, 3.05) is 11.9 Å². The number of nitrogens with zero attached hydrogens (tertiary/aromatic N) is 2. The van der Waals surface area contributed by atoms with Crippen LogP contribution < -0.4 is 20.1 Å². The van der Waals surface area contributed by atoms with Crippen molar-refractivity contribution in [3.8, 4) is 11.5 Å². The quantitative estimate of drug-likeness (QED) is 0.323. The van der Waals surface area contributed by atoms with Crippen molar-refractivity contribution in [1.29, 1.82) is 0 Å². The smallest absolute Gasteiger partial charge is 0.328 e. The first kappa shape index (κ1) is 30.7. The normalized spacial score (nSPS) is 16.1. The molecule has 10 nitrogen and oxygen atoms in total. The van der Waals surface area contributed by atoms with E-state index in [-0.39, 0.29) is 16.9 Å². The Balaban J connectivity index is 1.66. The Labute approximate surface area is 256 Å². The molecule has 0 aliphatic carbocycles. The zero-order valence-corrected chi connectivity index (χ0v) is 26.1. The van der Waals surface area contributed by atoms with Gasteiger partial charge in [0.25, 0.3) is 11.8 Å². The molecular weight excluding hydrogens is 560 g/mol. The molecular formula is C34H38N4O6. The number of ether oxygens (including phenoxy) is 2. The second-order valence-electron chi connectivity index (χ2n) is 13.0. The van der Waals surface area contributed by atoms with E-state index in [0.717, 1.165) is 16.7 Å². The van der Waals surface area contributed by atoms with Gasteiger partial charge >= 0.3 is 5.97 Å². The third-order valence-corrected chi connectivity index (χ3v) is 7.63. The lowest BCUT2D eigenvalue weighted by Gasteiger charge is -2.31. The van der Waals surface area contributed by atoms with E-state index in [9.17, 15) is 19.5 Å². The van der Waals surface area contributed by atoms with Gasteiger partial charge in [-0.1, -0.05) is 12.1 Å². The molecule has 0 bridgehead atoms. The predicted molar refractivity (Wildman–Crippen MR) is 167 cm³/mol. The molecule has 5 rings (SSSR count). The van der Waals surface area contributed by atoms with E-state index in [1.54, 1.807) is 36.4 Å². The summed E-state index contributed by atoms with van der Waals surface area (Å²) in [6, 6.07) is 12.1. The fourth-order valence-corrected chi connectivity index (χ4v) is 5.62. The monoisotopic (exact) mass is 598 g/mol. The minimum atomic E-state index is -1.54. The van der Waals surface area contributed by atoms with Crippen LogP contribution in [0.3, 0.4) is 0 Å². The molecule has 2 aliphatic heterocycles. The summed E-state index contributed by atoms with van der Waals surface area (Å²) < 4.78 is 12.4. The molecule has 10 heteroatoms. The number of hydrogen-bond donors (Lipinski definition) is 3. The van der Waals surface area contributed by atoms with E-state index in [1.165, 1.54) is 20.0 Å². The largest absolute Gasteiger partial charge is 0.490 e. The highest BCUT2D eigenvalue weighted by molar-refractivity contribution is 6.18. The van der Waals surface area contributed by atoms with Crippen LogP contribution in [0.25, 0.3) is 0 Å². The van der Waals surface area contributed by atoms with Crippen molar-refractivity contribution in [2.45, 2.75) is 78.0 Å². The summed E-state index contributed by atoms with van der Waals surface area (Å²) in [5.41, 5.74) is 2.46. The van der Waals surface area contributed by atoms with Gasteiger partial charge in [-0.3, -0.25) is 19.6 Å². The number of carbonyl (C=O) groups excluding carboxylic acids is 2. The maximum atomic E-state index is 13.4. The van der Waals surface area contributed by atoms with Crippen molar-refractivity contribution in [3.05, 3.63) is 82.2 Å². The lowest BCUT2D eigenvalue weighted by molar-refractivity contribution is -0.143. The highest BCUT2D eigenvalue weighted by Crippen LogP contribution is 2.48. The van der Waals surface area contributed by atoms with Crippen LogP contribution >= 0.6 is 0 Å². The number of nitrogens with one attached hydrogen (secondary N) is 2. The minimum Gasteiger partial charge on any atom is -0.490 e. The van der Waals surface area contributed by atoms with Crippen molar-refractivity contribution >= 4 is 29.2 Å². The number of anilines is 1. The predicted octanol–water partition coefficient (Wildman–Crippen LogP) is 5.21. The van der Waals surface area contributed by atoms with Gasteiger partial charge in [0.2, 0.25) is 0 Å². The van der Waals surface area contributed by atoms with Crippen LogP contribution in [0, 0.1) is 0 Å². The van der Waals surface area contributed by atoms with Crippen molar-refractivity contribution in [3.63, 3.8) is 0 Å². The van der Waals surface area contributed by atoms with Crippen molar-refractivity contribution in [1.82, 2.24) is 10.3 Å². The molecule has 0 atom stereocenters. The Kier molecular flexibility index (Phi) is 7.73. The number of fused-ring (bicyclic) bond motifs is 3. The summed E-state index contributed by atoms with van der Waals surface area (Å²) in [4.78, 5) is 47.7. The van der Waals surface area contributed by atoms with E-state index >= 15 is 0 Å². The van der Waals surface area contributed by atoms with Crippen molar-refractivity contribution < 1.29 is 29.0 Å². The van der Waals surface area contributed by atoms with E-state index in [2.05, 4.69) is 29.5 Å². The van der Waals surface area contributed by atoms with Gasteiger partial charge < -0.3 is 25.2 Å². The summed E-state index contributed by atoms with van der Waals surface area (Å²) >= 11 is 0. The van der Waals surface area contributed by atoms with Crippen LogP contribution in [0.1, 0.15) is 91.6 Å². The van der Waals surface area contributed by atoms with E-state index in [0.29, 0.717) is 42.2 Å². The second-order valence-corrected chi connectivity index (χ2v) is 13.0. The third-order valence-electron chi connectivity index (χ3n) is 7.63. The molecule has 3 N–H and O–H groups in total. The molecule has 0 saturated carbocycles. The zero-order valence-electron chi connectivity index (χ0n) is 26.1. The first-order chi connectivity index (χ1) is 20.6. The third kappa shape index (κ3) is 6.02. The molecule has 2 aromatic carbocycles. The van der Waals surface area contributed by atoms with Gasteiger partial charge in [-0.2, -0.15) is 0 Å². The van der Waals surface area contributed by atoms with Crippen LogP contribution in [0.15, 0.2) is 53.7 Å². The molecule has 0 radical (unpaired) electrons. The topological polar surface area (TPSA) is 139 Å². The Bertz CT molecular complexity index is 1690. The number of aliphatic imine (C=N–C) groups is 1. The number of aliphatic carboxylic acids is 1. The van der Waals surface area contributed by atoms with Crippen molar-refractivity contribution in [2.24, 2.45) is 4.99 Å². The standard InChI is InChI=1S/C34H38N4O6/c1-8-43-25-16-20-17-32(2,3)37-27(26(20)22-18-33(4,5)44-28(22)25)19-12-13-21(29(39)38-34(6,7)31(41)42)24(15-19)36-30(40)23-11-9-10-14-35-23/h9-16H,8,17-18H2,1-7H3,(H,36,40)(H,38,39)(H,41,42). The molecule has 0 unspecified atom stereocenters. The van der Waals surface area contributed by atoms with Gasteiger partial charge in [-0.15, -0.1) is 0 Å². The molecule has 44 heavy (non-hydrogen) atoms. The zero-order chi connectivity index (χ0) is 32.0. The van der Waals surface area contributed by atoms with Gasteiger partial charge in [-0.25, -0.2) is 4.79 Å². The summed E-state index contributed by atoms with van der Waals surface area (Å²) in [5.74, 6) is -0.941. The fourth-order valence-electron chi connectivity index (χ4n) is 5.62. The molecule has 3 heterocycles. The van der Waals surface area contributed by atoms with Crippen LogP contribution in [0.5, 0.6) is 11.5 Å². The second kappa shape index (κ2) is 11.1. The number of carbonyl (C=O) groups is 3. The number of pyridine rings is 1. The highest BCUT2D eigenvalue weighted by Gasteiger charge is 2.40. The molecule has 2 aliphatic rings. The van der Waals surface area contributed by atoms with E-state index < -0.39 is 34.5 Å². The lowest BCUT2D eigenvalue weighted by Crippen LogP contribution is -2.49. The molecule has 0 saturated heterocycles. The van der Waals surface area contributed by atoms with Gasteiger partial charge in [0, 0.05) is 29.3 Å². The number of carboxylic acids is 1. The maximum Gasteiger partial charge on any atom is 0.328 e. The molecule has 0 spiro atoms.